The Morgan fingerprint density at radius 3 is 2.62 bits per heavy atom. The molecule has 1 amide bonds. The van der Waals surface area contributed by atoms with Crippen LogP contribution < -0.4 is 10.2 Å². The summed E-state index contributed by atoms with van der Waals surface area (Å²) in [4.78, 5) is 23.7. The number of aliphatic hydroxyl groups is 1. The summed E-state index contributed by atoms with van der Waals surface area (Å²) in [5.74, 6) is 0.635. The van der Waals surface area contributed by atoms with Gasteiger partial charge in [-0.05, 0) is 39.2 Å². The van der Waals surface area contributed by atoms with E-state index in [1.807, 2.05) is 13.8 Å². The van der Waals surface area contributed by atoms with Gasteiger partial charge in [-0.1, -0.05) is 0 Å². The Balaban J connectivity index is 1.48. The molecular weight excluding hydrogens is 372 g/mol. The number of hydrogen-bond acceptors (Lipinski definition) is 7. The maximum absolute atomic E-state index is 12.7. The molecule has 1 spiro atoms. The van der Waals surface area contributed by atoms with E-state index in [-0.39, 0.29) is 5.91 Å². The van der Waals surface area contributed by atoms with Crippen LogP contribution in [0.1, 0.15) is 42.4 Å². The van der Waals surface area contributed by atoms with Gasteiger partial charge in [0.25, 0.3) is 5.91 Å². The van der Waals surface area contributed by atoms with Gasteiger partial charge in [-0.25, -0.2) is 4.98 Å². The summed E-state index contributed by atoms with van der Waals surface area (Å²) < 4.78 is 7.67. The van der Waals surface area contributed by atoms with Crippen molar-refractivity contribution in [1.82, 2.24) is 25.1 Å². The van der Waals surface area contributed by atoms with E-state index in [1.165, 1.54) is 4.68 Å². The minimum Gasteiger partial charge on any atom is -0.388 e. The van der Waals surface area contributed by atoms with Gasteiger partial charge in [0, 0.05) is 45.3 Å². The summed E-state index contributed by atoms with van der Waals surface area (Å²) in [6, 6.07) is 1.67. The number of amides is 1. The van der Waals surface area contributed by atoms with Crippen molar-refractivity contribution in [3.05, 3.63) is 36.0 Å². The topological polar surface area (TPSA) is 105 Å². The molecule has 156 valence electrons. The predicted octanol–water partition coefficient (Wildman–Crippen LogP) is 0.827. The van der Waals surface area contributed by atoms with Crippen molar-refractivity contribution in [1.29, 1.82) is 0 Å². The quantitative estimate of drug-likeness (QED) is 0.786. The van der Waals surface area contributed by atoms with Crippen LogP contribution >= 0.6 is 0 Å². The molecule has 2 aliphatic heterocycles. The lowest BCUT2D eigenvalue weighted by molar-refractivity contribution is -0.195. The molecule has 2 aliphatic rings. The number of ether oxygens (including phenoxy) is 1. The molecule has 0 radical (unpaired) electrons. The van der Waals surface area contributed by atoms with Crippen molar-refractivity contribution in [3.8, 4) is 0 Å². The Hall–Kier alpha value is -2.52. The van der Waals surface area contributed by atoms with Crippen molar-refractivity contribution < 1.29 is 14.6 Å². The van der Waals surface area contributed by atoms with Gasteiger partial charge >= 0.3 is 0 Å². The molecule has 29 heavy (non-hydrogen) atoms. The number of nitrogens with zero attached hydrogens (tertiary/aromatic N) is 5. The van der Waals surface area contributed by atoms with Crippen molar-refractivity contribution in [2.45, 2.75) is 50.4 Å². The summed E-state index contributed by atoms with van der Waals surface area (Å²) in [6.45, 7) is 5.76. The number of carbonyl (C=O) groups is 1. The largest absolute Gasteiger partial charge is 0.388 e. The Morgan fingerprint density at radius 1 is 1.24 bits per heavy atom. The van der Waals surface area contributed by atoms with Crippen LogP contribution in [-0.4, -0.2) is 67.7 Å². The molecule has 2 aromatic heterocycles. The normalized spacial score (nSPS) is 26.5. The van der Waals surface area contributed by atoms with Gasteiger partial charge < -0.3 is 20.1 Å². The van der Waals surface area contributed by atoms with E-state index in [0.717, 1.165) is 11.5 Å². The fourth-order valence-electron chi connectivity index (χ4n) is 4.54. The average molecular weight is 400 g/mol. The van der Waals surface area contributed by atoms with Gasteiger partial charge in [0.1, 0.15) is 17.6 Å². The van der Waals surface area contributed by atoms with E-state index in [1.54, 1.807) is 31.7 Å². The Labute approximate surface area is 170 Å². The zero-order valence-electron chi connectivity index (χ0n) is 17.1. The summed E-state index contributed by atoms with van der Waals surface area (Å²) in [5, 5.41) is 18.4. The van der Waals surface area contributed by atoms with Crippen LogP contribution in [0.4, 0.5) is 5.82 Å². The molecule has 4 rings (SSSR count). The third-order valence-electron chi connectivity index (χ3n) is 6.33. The molecule has 2 fully saturated rings. The molecule has 4 heterocycles. The molecule has 0 bridgehead atoms. The van der Waals surface area contributed by atoms with Gasteiger partial charge in [-0.3, -0.25) is 14.5 Å². The predicted molar refractivity (Wildman–Crippen MR) is 107 cm³/mol. The maximum Gasteiger partial charge on any atom is 0.270 e. The monoisotopic (exact) mass is 400 g/mol. The van der Waals surface area contributed by atoms with E-state index in [2.05, 4.69) is 25.3 Å². The summed E-state index contributed by atoms with van der Waals surface area (Å²) in [7, 11) is 1.73. The van der Waals surface area contributed by atoms with Crippen LogP contribution in [-0.2, 0) is 11.8 Å². The Morgan fingerprint density at radius 2 is 1.97 bits per heavy atom. The molecule has 0 saturated carbocycles. The van der Waals surface area contributed by atoms with Crippen LogP contribution in [0.25, 0.3) is 0 Å². The average Bonchev–Trinajstić information content (AvgIpc) is 3.14. The number of aryl methyl sites for hydroxylation is 2. The molecule has 2 saturated heterocycles. The van der Waals surface area contributed by atoms with E-state index in [0.29, 0.717) is 44.7 Å². The molecule has 0 unspecified atom stereocenters. The van der Waals surface area contributed by atoms with Crippen LogP contribution in [0, 0.1) is 6.92 Å². The van der Waals surface area contributed by atoms with Crippen molar-refractivity contribution in [3.63, 3.8) is 0 Å². The maximum atomic E-state index is 12.7. The van der Waals surface area contributed by atoms with Crippen molar-refractivity contribution in [2.75, 3.05) is 24.6 Å². The van der Waals surface area contributed by atoms with Crippen LogP contribution in [0.5, 0.6) is 0 Å². The number of aliphatic hydroxyl groups excluding tert-OH is 1. The van der Waals surface area contributed by atoms with Crippen molar-refractivity contribution in [2.24, 2.45) is 7.05 Å². The highest BCUT2D eigenvalue weighted by molar-refractivity contribution is 5.93. The highest BCUT2D eigenvalue weighted by Crippen LogP contribution is 2.40. The number of rotatable bonds is 3. The van der Waals surface area contributed by atoms with E-state index in [4.69, 9.17) is 4.74 Å². The minimum atomic E-state index is -0.814. The van der Waals surface area contributed by atoms with Gasteiger partial charge in [-0.15, -0.1) is 0 Å². The molecule has 0 aromatic carbocycles. The fourth-order valence-corrected chi connectivity index (χ4v) is 4.54. The second-order valence-corrected chi connectivity index (χ2v) is 8.23. The lowest BCUT2D eigenvalue weighted by Gasteiger charge is -2.53. The smallest absolute Gasteiger partial charge is 0.270 e. The molecule has 0 aliphatic carbocycles. The number of nitrogens with one attached hydrogen (secondary N) is 1. The van der Waals surface area contributed by atoms with Crippen LogP contribution in [0.3, 0.4) is 0 Å². The van der Waals surface area contributed by atoms with E-state index < -0.39 is 17.2 Å². The number of piperidine rings is 1. The molecule has 2 aromatic rings. The number of anilines is 1. The third kappa shape index (κ3) is 3.49. The lowest BCUT2D eigenvalue weighted by atomic mass is 9.73. The summed E-state index contributed by atoms with van der Waals surface area (Å²) >= 11 is 0. The number of carbonyl (C=O) groups excluding carboxylic acids is 1. The van der Waals surface area contributed by atoms with Crippen molar-refractivity contribution >= 4 is 11.7 Å². The highest BCUT2D eigenvalue weighted by atomic mass is 16.5. The molecular formula is C20H28N6O3. The minimum absolute atomic E-state index is 0.240. The van der Waals surface area contributed by atoms with Gasteiger partial charge in [0.05, 0.1) is 16.8 Å². The first-order chi connectivity index (χ1) is 13.8. The first-order valence-electron chi connectivity index (χ1n) is 10.00. The first-order valence-corrected chi connectivity index (χ1v) is 10.00. The zero-order valence-corrected chi connectivity index (χ0v) is 17.1. The lowest BCUT2D eigenvalue weighted by Crippen LogP contribution is -2.69. The summed E-state index contributed by atoms with van der Waals surface area (Å²) in [5.41, 5.74) is -0.0994. The van der Waals surface area contributed by atoms with Gasteiger partial charge in [-0.2, -0.15) is 5.10 Å². The standard InChI is InChI=1S/C20H28N6O3/c1-14-16(22-10-9-21-14)26-11-5-20(6-12-26)18(28)19(2,7-13-29-20)24-17(27)15-4-8-23-25(15)3/h4,8-10,18,28H,5-7,11-13H2,1-3H3,(H,24,27)/t18-,19+/m1/s1. The van der Waals surface area contributed by atoms with E-state index >= 15 is 0 Å². The Kier molecular flexibility index (Phi) is 5.04. The Bertz CT molecular complexity index is 892. The molecule has 9 heteroatoms. The first kappa shape index (κ1) is 19.8. The van der Waals surface area contributed by atoms with Gasteiger partial charge in [0.2, 0.25) is 0 Å². The van der Waals surface area contributed by atoms with Gasteiger partial charge in [0.15, 0.2) is 0 Å². The molecule has 2 atom stereocenters. The third-order valence-corrected chi connectivity index (χ3v) is 6.33. The second-order valence-electron chi connectivity index (χ2n) is 8.23. The molecule has 9 nitrogen and oxygen atoms in total. The number of hydrogen-bond donors (Lipinski definition) is 2. The van der Waals surface area contributed by atoms with E-state index in [9.17, 15) is 9.90 Å². The summed E-state index contributed by atoms with van der Waals surface area (Å²) in [6.07, 6.45) is 6.02. The second kappa shape index (κ2) is 7.38. The van der Waals surface area contributed by atoms with Crippen LogP contribution in [0.15, 0.2) is 24.7 Å². The SMILES string of the molecule is Cc1nccnc1N1CCC2(CC1)OCC[C@](C)(NC(=O)c1ccnn1C)[C@H]2O. The zero-order chi connectivity index (χ0) is 20.6. The van der Waals surface area contributed by atoms with Crippen LogP contribution in [0.2, 0.25) is 0 Å². The highest BCUT2D eigenvalue weighted by Gasteiger charge is 2.54. The number of aromatic nitrogens is 4. The fraction of sp³-hybridized carbons (Fsp3) is 0.600. The molecule has 2 N–H and O–H groups in total.